The van der Waals surface area contributed by atoms with Crippen LogP contribution in [0.15, 0.2) is 43.0 Å². The number of carbonyl (C=O) groups excluding carboxylic acids is 2. The number of nitrogens with zero attached hydrogens (tertiary/aromatic N) is 1. The first-order valence-corrected chi connectivity index (χ1v) is 4.69. The smallest absolute Gasteiger partial charge is 0.330 e. The molecule has 84 valence electrons. The van der Waals surface area contributed by atoms with E-state index >= 15 is 0 Å². The predicted molar refractivity (Wildman–Crippen MR) is 62.1 cm³/mol. The molecule has 0 unspecified atom stereocenters. The van der Waals surface area contributed by atoms with Crippen LogP contribution < -0.4 is 16.0 Å². The third kappa shape index (κ3) is 3.13. The molecule has 4 amide bonds. The summed E-state index contributed by atoms with van der Waals surface area (Å²) in [5.41, 5.74) is 5.55. The molecule has 1 aromatic rings. The van der Waals surface area contributed by atoms with Crippen LogP contribution >= 0.6 is 0 Å². The van der Waals surface area contributed by atoms with E-state index in [1.54, 1.807) is 30.3 Å². The number of rotatable bonds is 3. The molecule has 5 nitrogen and oxygen atoms in total. The minimum Gasteiger partial charge on any atom is -0.351 e. The maximum atomic E-state index is 11.6. The van der Waals surface area contributed by atoms with Gasteiger partial charge < -0.3 is 5.73 Å². The minimum absolute atomic E-state index is 0.295. The van der Waals surface area contributed by atoms with Gasteiger partial charge in [0.25, 0.3) is 0 Å². The van der Waals surface area contributed by atoms with Gasteiger partial charge in [-0.05, 0) is 12.1 Å². The Bertz CT molecular complexity index is 389. The Morgan fingerprint density at radius 3 is 2.50 bits per heavy atom. The Kier molecular flexibility index (Phi) is 4.08. The summed E-state index contributed by atoms with van der Waals surface area (Å²) in [6, 6.07) is 7.48. The number of para-hydroxylation sites is 1. The van der Waals surface area contributed by atoms with Crippen molar-refractivity contribution >= 4 is 17.7 Å². The zero-order valence-corrected chi connectivity index (χ0v) is 8.72. The van der Waals surface area contributed by atoms with Crippen molar-refractivity contribution in [1.82, 2.24) is 5.32 Å². The molecule has 1 rings (SSSR count). The number of anilines is 1. The van der Waals surface area contributed by atoms with Crippen LogP contribution in [-0.2, 0) is 0 Å². The van der Waals surface area contributed by atoms with E-state index in [9.17, 15) is 9.59 Å². The van der Waals surface area contributed by atoms with E-state index in [0.717, 1.165) is 0 Å². The molecule has 0 bridgehead atoms. The van der Waals surface area contributed by atoms with Crippen LogP contribution in [-0.4, -0.2) is 18.6 Å². The van der Waals surface area contributed by atoms with Crippen LogP contribution in [0.4, 0.5) is 15.3 Å². The van der Waals surface area contributed by atoms with Crippen molar-refractivity contribution in [2.45, 2.75) is 0 Å². The molecule has 3 N–H and O–H groups in total. The Labute approximate surface area is 93.5 Å². The number of imide groups is 1. The van der Waals surface area contributed by atoms with Gasteiger partial charge in [-0.3, -0.25) is 10.2 Å². The molecule has 0 aliphatic rings. The summed E-state index contributed by atoms with van der Waals surface area (Å²) in [5.74, 6) is 0. The van der Waals surface area contributed by atoms with Gasteiger partial charge in [-0.1, -0.05) is 24.3 Å². The summed E-state index contributed by atoms with van der Waals surface area (Å²) >= 11 is 0. The van der Waals surface area contributed by atoms with Crippen molar-refractivity contribution < 1.29 is 9.59 Å². The van der Waals surface area contributed by atoms with Gasteiger partial charge in [0, 0.05) is 12.2 Å². The van der Waals surface area contributed by atoms with Gasteiger partial charge in [0.2, 0.25) is 0 Å². The number of hydrogen-bond donors (Lipinski definition) is 2. The second kappa shape index (κ2) is 5.55. The number of nitrogens with two attached hydrogens (primary N) is 1. The molecule has 5 heteroatoms. The summed E-state index contributed by atoms with van der Waals surface area (Å²) in [6.07, 6.45) is 1.56. The highest BCUT2D eigenvalue weighted by Crippen LogP contribution is 2.12. The average Bonchev–Trinajstić information content (AvgIpc) is 2.26. The Morgan fingerprint density at radius 2 is 2.00 bits per heavy atom. The van der Waals surface area contributed by atoms with Crippen LogP contribution in [0, 0.1) is 0 Å². The van der Waals surface area contributed by atoms with Gasteiger partial charge in [-0.2, -0.15) is 0 Å². The fraction of sp³-hybridized carbons (Fsp3) is 0.0909. The number of benzene rings is 1. The lowest BCUT2D eigenvalue weighted by molar-refractivity contribution is 0.235. The minimum atomic E-state index is -0.880. The molecule has 0 aromatic heterocycles. The van der Waals surface area contributed by atoms with Crippen LogP contribution in [0.25, 0.3) is 0 Å². The molecule has 0 heterocycles. The lowest BCUT2D eigenvalue weighted by Gasteiger charge is -2.20. The Balaban J connectivity index is 2.86. The number of amides is 4. The number of primary amides is 1. The molecule has 1 aromatic carbocycles. The fourth-order valence-electron chi connectivity index (χ4n) is 1.22. The summed E-state index contributed by atoms with van der Waals surface area (Å²) in [7, 11) is 0. The molecule has 0 radical (unpaired) electrons. The van der Waals surface area contributed by atoms with Crippen LogP contribution in [0.2, 0.25) is 0 Å². The Hall–Kier alpha value is -2.30. The highest BCUT2D eigenvalue weighted by molar-refractivity contribution is 6.01. The van der Waals surface area contributed by atoms with Crippen molar-refractivity contribution in [2.24, 2.45) is 5.73 Å². The third-order valence-corrected chi connectivity index (χ3v) is 1.85. The SMILES string of the molecule is C=CCN(C(=O)NC(N)=O)c1ccccc1. The first kappa shape index (κ1) is 11.8. The zero-order chi connectivity index (χ0) is 12.0. The van der Waals surface area contributed by atoms with Gasteiger partial charge in [-0.25, -0.2) is 9.59 Å². The van der Waals surface area contributed by atoms with Crippen LogP contribution in [0.3, 0.4) is 0 Å². The number of urea groups is 2. The second-order valence-corrected chi connectivity index (χ2v) is 3.03. The number of hydrogen-bond acceptors (Lipinski definition) is 2. The summed E-state index contributed by atoms with van der Waals surface area (Å²) < 4.78 is 0. The normalized spacial score (nSPS) is 9.25. The number of carbonyl (C=O) groups is 2. The lowest BCUT2D eigenvalue weighted by Crippen LogP contribution is -2.45. The van der Waals surface area contributed by atoms with Gasteiger partial charge in [0.1, 0.15) is 0 Å². The van der Waals surface area contributed by atoms with Crippen LogP contribution in [0.1, 0.15) is 0 Å². The van der Waals surface area contributed by atoms with E-state index < -0.39 is 12.1 Å². The number of nitrogens with one attached hydrogen (secondary N) is 1. The van der Waals surface area contributed by atoms with E-state index in [1.807, 2.05) is 11.4 Å². The van der Waals surface area contributed by atoms with Gasteiger partial charge in [0.05, 0.1) is 0 Å². The molecule has 0 aliphatic heterocycles. The third-order valence-electron chi connectivity index (χ3n) is 1.85. The zero-order valence-electron chi connectivity index (χ0n) is 8.72. The van der Waals surface area contributed by atoms with Crippen molar-refractivity contribution in [1.29, 1.82) is 0 Å². The lowest BCUT2D eigenvalue weighted by atomic mass is 10.3. The van der Waals surface area contributed by atoms with Crippen molar-refractivity contribution in [2.75, 3.05) is 11.4 Å². The molecule has 16 heavy (non-hydrogen) atoms. The summed E-state index contributed by atoms with van der Waals surface area (Å²) in [5, 5.41) is 2.00. The van der Waals surface area contributed by atoms with Crippen LogP contribution in [0.5, 0.6) is 0 Å². The van der Waals surface area contributed by atoms with Gasteiger partial charge >= 0.3 is 12.1 Å². The molecular weight excluding hydrogens is 206 g/mol. The first-order chi connectivity index (χ1) is 7.65. The predicted octanol–water partition coefficient (Wildman–Crippen LogP) is 1.47. The topological polar surface area (TPSA) is 75.4 Å². The fourth-order valence-corrected chi connectivity index (χ4v) is 1.22. The highest BCUT2D eigenvalue weighted by atomic mass is 16.2. The Morgan fingerprint density at radius 1 is 1.38 bits per heavy atom. The molecule has 0 fully saturated rings. The maximum Gasteiger partial charge on any atom is 0.330 e. The summed E-state index contributed by atoms with van der Waals surface area (Å²) in [6.45, 7) is 3.84. The monoisotopic (exact) mass is 219 g/mol. The van der Waals surface area contributed by atoms with Gasteiger partial charge in [0.15, 0.2) is 0 Å². The van der Waals surface area contributed by atoms with Crippen molar-refractivity contribution in [3.63, 3.8) is 0 Å². The van der Waals surface area contributed by atoms with E-state index in [0.29, 0.717) is 12.2 Å². The second-order valence-electron chi connectivity index (χ2n) is 3.03. The van der Waals surface area contributed by atoms with Gasteiger partial charge in [-0.15, -0.1) is 6.58 Å². The van der Waals surface area contributed by atoms with E-state index in [4.69, 9.17) is 5.73 Å². The molecule has 0 saturated heterocycles. The molecule has 0 saturated carbocycles. The molecule has 0 spiro atoms. The summed E-state index contributed by atoms with van der Waals surface area (Å²) in [4.78, 5) is 23.6. The molecule has 0 atom stereocenters. The highest BCUT2D eigenvalue weighted by Gasteiger charge is 2.14. The van der Waals surface area contributed by atoms with Crippen molar-refractivity contribution in [3.05, 3.63) is 43.0 Å². The molecular formula is C11H13N3O2. The van der Waals surface area contributed by atoms with Crippen molar-refractivity contribution in [3.8, 4) is 0 Å². The largest absolute Gasteiger partial charge is 0.351 e. The van der Waals surface area contributed by atoms with E-state index in [2.05, 4.69) is 6.58 Å². The first-order valence-electron chi connectivity index (χ1n) is 4.69. The van der Waals surface area contributed by atoms with E-state index in [-0.39, 0.29) is 0 Å². The average molecular weight is 219 g/mol. The quantitative estimate of drug-likeness (QED) is 0.755. The molecule has 0 aliphatic carbocycles. The van der Waals surface area contributed by atoms with E-state index in [1.165, 1.54) is 4.90 Å². The maximum absolute atomic E-state index is 11.6. The standard InChI is InChI=1S/C11H13N3O2/c1-2-8-14(11(16)13-10(12)15)9-6-4-3-5-7-9/h2-7H,1,8H2,(H3,12,13,15,16).